The third-order valence-corrected chi connectivity index (χ3v) is 3.29. The molecular weight excluding hydrogens is 286 g/mol. The van der Waals surface area contributed by atoms with Gasteiger partial charge in [-0.3, -0.25) is 9.59 Å². The molecule has 1 aromatic rings. The lowest BCUT2D eigenvalue weighted by molar-refractivity contribution is -0.141. The number of fused-ring (bicyclic) bond motifs is 1. The molecule has 2 N–H and O–H groups in total. The minimum atomic E-state index is -0.944. The molecule has 0 radical (unpaired) electrons. The van der Waals surface area contributed by atoms with Crippen LogP contribution in [0.3, 0.4) is 0 Å². The lowest BCUT2D eigenvalue weighted by Crippen LogP contribution is -2.34. The number of amides is 1. The Bertz CT molecular complexity index is 609. The van der Waals surface area contributed by atoms with Crippen LogP contribution in [-0.2, 0) is 9.59 Å². The van der Waals surface area contributed by atoms with Gasteiger partial charge in [-0.25, -0.2) is 0 Å². The van der Waals surface area contributed by atoms with Gasteiger partial charge in [-0.1, -0.05) is 6.92 Å². The van der Waals surface area contributed by atoms with Crippen molar-refractivity contribution in [1.82, 2.24) is 5.32 Å². The van der Waals surface area contributed by atoms with Crippen molar-refractivity contribution in [2.24, 2.45) is 5.92 Å². The van der Waals surface area contributed by atoms with Crippen molar-refractivity contribution in [3.8, 4) is 11.5 Å². The molecule has 0 bridgehead atoms. The molecule has 6 heteroatoms. The number of carboxylic acids is 1. The van der Waals surface area contributed by atoms with Gasteiger partial charge in [-0.2, -0.15) is 0 Å². The van der Waals surface area contributed by atoms with Gasteiger partial charge in [0.2, 0.25) is 0 Å². The number of aliphatic carboxylic acids is 1. The van der Waals surface area contributed by atoms with Crippen molar-refractivity contribution in [3.63, 3.8) is 0 Å². The van der Waals surface area contributed by atoms with Crippen LogP contribution in [0.4, 0.5) is 0 Å². The average Bonchev–Trinajstić information content (AvgIpc) is 2.51. The fourth-order valence-corrected chi connectivity index (χ4v) is 1.99. The summed E-state index contributed by atoms with van der Waals surface area (Å²) >= 11 is 0. The first-order valence-corrected chi connectivity index (χ1v) is 7.12. The van der Waals surface area contributed by atoms with Crippen LogP contribution in [0, 0.1) is 5.92 Å². The molecule has 118 valence electrons. The van der Waals surface area contributed by atoms with Crippen LogP contribution in [-0.4, -0.2) is 36.7 Å². The van der Waals surface area contributed by atoms with E-state index < -0.39 is 11.9 Å². The van der Waals surface area contributed by atoms with E-state index in [2.05, 4.69) is 5.32 Å². The summed E-state index contributed by atoms with van der Waals surface area (Å²) in [7, 11) is 0. The zero-order chi connectivity index (χ0) is 16.1. The van der Waals surface area contributed by atoms with Gasteiger partial charge in [0.1, 0.15) is 18.1 Å². The van der Waals surface area contributed by atoms with Crippen molar-refractivity contribution in [2.45, 2.75) is 13.8 Å². The Morgan fingerprint density at radius 1 is 1.45 bits per heavy atom. The van der Waals surface area contributed by atoms with Crippen LogP contribution in [0.5, 0.6) is 11.5 Å². The molecule has 0 aromatic heterocycles. The maximum absolute atomic E-state index is 12.1. The highest BCUT2D eigenvalue weighted by atomic mass is 16.5. The molecule has 0 fully saturated rings. The number of rotatable bonds is 6. The summed E-state index contributed by atoms with van der Waals surface area (Å²) in [6, 6.07) is 5.43. The Morgan fingerprint density at radius 2 is 2.23 bits per heavy atom. The first kappa shape index (κ1) is 15.9. The molecule has 0 aliphatic carbocycles. The second-order valence-corrected chi connectivity index (χ2v) is 5.04. The second kappa shape index (κ2) is 6.98. The van der Waals surface area contributed by atoms with Crippen LogP contribution < -0.4 is 14.8 Å². The lowest BCUT2D eigenvalue weighted by Gasteiger charge is -2.19. The Kier molecular flexibility index (Phi) is 5.04. The van der Waals surface area contributed by atoms with E-state index in [9.17, 15) is 9.59 Å². The van der Waals surface area contributed by atoms with Gasteiger partial charge in [0.15, 0.2) is 0 Å². The molecule has 1 aliphatic rings. The average molecular weight is 305 g/mol. The molecule has 0 unspecified atom stereocenters. The van der Waals surface area contributed by atoms with Gasteiger partial charge in [0.05, 0.1) is 18.1 Å². The van der Waals surface area contributed by atoms with Crippen molar-refractivity contribution in [2.75, 3.05) is 19.8 Å². The topological polar surface area (TPSA) is 84.9 Å². The highest BCUT2D eigenvalue weighted by molar-refractivity contribution is 5.99. The summed E-state index contributed by atoms with van der Waals surface area (Å²) in [5, 5.41) is 11.4. The number of benzene rings is 1. The number of hydrogen-bond acceptors (Lipinski definition) is 4. The van der Waals surface area contributed by atoms with E-state index in [1.807, 2.05) is 19.1 Å². The molecule has 1 heterocycles. The van der Waals surface area contributed by atoms with Crippen LogP contribution in [0.2, 0.25) is 0 Å². The Balaban J connectivity index is 2.08. The summed E-state index contributed by atoms with van der Waals surface area (Å²) in [4.78, 5) is 22.8. The van der Waals surface area contributed by atoms with Crippen LogP contribution in [0.1, 0.15) is 19.4 Å². The van der Waals surface area contributed by atoms with Gasteiger partial charge in [0, 0.05) is 12.1 Å². The van der Waals surface area contributed by atoms with E-state index in [1.54, 1.807) is 12.1 Å². The number of hydrogen-bond donors (Lipinski definition) is 2. The van der Waals surface area contributed by atoms with Crippen molar-refractivity contribution >= 4 is 18.0 Å². The van der Waals surface area contributed by atoms with E-state index in [-0.39, 0.29) is 19.1 Å². The summed E-state index contributed by atoms with van der Waals surface area (Å²) < 4.78 is 11.0. The largest absolute Gasteiger partial charge is 0.494 e. The first-order chi connectivity index (χ1) is 10.5. The summed E-state index contributed by atoms with van der Waals surface area (Å²) in [6.45, 7) is 4.24. The number of ether oxygens (including phenoxy) is 2. The number of carboxylic acid groups (broad SMARTS) is 1. The van der Waals surface area contributed by atoms with Gasteiger partial charge < -0.3 is 19.9 Å². The molecule has 1 aromatic carbocycles. The minimum absolute atomic E-state index is 0.0807. The van der Waals surface area contributed by atoms with Gasteiger partial charge in [-0.05, 0) is 31.2 Å². The summed E-state index contributed by atoms with van der Waals surface area (Å²) in [5.41, 5.74) is 1.23. The Hall–Kier alpha value is -2.50. The first-order valence-electron chi connectivity index (χ1n) is 7.12. The second-order valence-electron chi connectivity index (χ2n) is 5.04. The monoisotopic (exact) mass is 305 g/mol. The molecular formula is C16H19NO5. The third-order valence-electron chi connectivity index (χ3n) is 3.29. The molecule has 1 aliphatic heterocycles. The van der Waals surface area contributed by atoms with E-state index in [1.165, 1.54) is 6.92 Å². The number of carbonyl (C=O) groups excluding carboxylic acids is 1. The van der Waals surface area contributed by atoms with Crippen molar-refractivity contribution < 1.29 is 24.2 Å². The molecule has 0 saturated carbocycles. The number of nitrogens with one attached hydrogen (secondary N) is 1. The van der Waals surface area contributed by atoms with Gasteiger partial charge in [-0.15, -0.1) is 0 Å². The van der Waals surface area contributed by atoms with Crippen molar-refractivity contribution in [1.29, 1.82) is 0 Å². The normalized spacial score (nSPS) is 14.2. The highest BCUT2D eigenvalue weighted by Crippen LogP contribution is 2.30. The maximum Gasteiger partial charge on any atom is 0.308 e. The Labute approximate surface area is 128 Å². The van der Waals surface area contributed by atoms with E-state index in [0.29, 0.717) is 23.7 Å². The standard InChI is InChI=1S/C16H19NO5/c1-3-21-13-4-5-14-11(7-13)6-12(9-22-14)15(18)17-8-10(2)16(19)20/h4-7,10H,3,8-9H2,1-2H3,(H,17,18)(H,19,20)/t10-/m0/s1. The zero-order valence-electron chi connectivity index (χ0n) is 12.6. The number of carbonyl (C=O) groups is 2. The van der Waals surface area contributed by atoms with Gasteiger partial charge in [0.25, 0.3) is 5.91 Å². The lowest BCUT2D eigenvalue weighted by atomic mass is 10.1. The molecule has 1 amide bonds. The van der Waals surface area contributed by atoms with Crippen molar-refractivity contribution in [3.05, 3.63) is 29.3 Å². The predicted molar refractivity (Wildman–Crippen MR) is 80.9 cm³/mol. The third kappa shape index (κ3) is 3.78. The van der Waals surface area contributed by atoms with Crippen LogP contribution >= 0.6 is 0 Å². The zero-order valence-corrected chi connectivity index (χ0v) is 12.6. The van der Waals surface area contributed by atoms with E-state index in [4.69, 9.17) is 14.6 Å². The minimum Gasteiger partial charge on any atom is -0.494 e. The SMILES string of the molecule is CCOc1ccc2c(c1)C=C(C(=O)NC[C@H](C)C(=O)O)CO2. The molecule has 6 nitrogen and oxygen atoms in total. The van der Waals surface area contributed by atoms with Crippen LogP contribution in [0.15, 0.2) is 23.8 Å². The smallest absolute Gasteiger partial charge is 0.308 e. The maximum atomic E-state index is 12.1. The summed E-state index contributed by atoms with van der Waals surface area (Å²) in [6.07, 6.45) is 1.74. The molecule has 1 atom stereocenters. The predicted octanol–water partition coefficient (Wildman–Crippen LogP) is 1.70. The molecule has 0 spiro atoms. The van der Waals surface area contributed by atoms with Crippen LogP contribution in [0.25, 0.3) is 6.08 Å². The van der Waals surface area contributed by atoms with E-state index >= 15 is 0 Å². The summed E-state index contributed by atoms with van der Waals surface area (Å²) in [5.74, 6) is -0.492. The Morgan fingerprint density at radius 3 is 2.91 bits per heavy atom. The fraction of sp³-hybridized carbons (Fsp3) is 0.375. The molecule has 2 rings (SSSR count). The van der Waals surface area contributed by atoms with E-state index in [0.717, 1.165) is 5.56 Å². The fourth-order valence-electron chi connectivity index (χ4n) is 1.99. The molecule has 22 heavy (non-hydrogen) atoms. The van der Waals surface area contributed by atoms with Gasteiger partial charge >= 0.3 is 5.97 Å². The quantitative estimate of drug-likeness (QED) is 0.835. The molecule has 0 saturated heterocycles. The highest BCUT2D eigenvalue weighted by Gasteiger charge is 2.19.